The lowest BCUT2D eigenvalue weighted by Gasteiger charge is -2.24. The van der Waals surface area contributed by atoms with E-state index in [1.165, 1.54) is 31.2 Å². The number of ether oxygens (including phenoxy) is 1. The first kappa shape index (κ1) is 12.3. The highest BCUT2D eigenvalue weighted by atomic mass is 35.5. The summed E-state index contributed by atoms with van der Waals surface area (Å²) < 4.78 is 5.81. The minimum absolute atomic E-state index is 0.0746. The molecule has 2 aliphatic carbocycles. The summed E-state index contributed by atoms with van der Waals surface area (Å²) >= 11 is 13.1. The molecule has 1 aromatic carbocycles. The number of hydrogen-bond acceptors (Lipinski definition) is 1. The quantitative estimate of drug-likeness (QED) is 0.711. The summed E-state index contributed by atoms with van der Waals surface area (Å²) in [5.74, 6) is 3.33. The average Bonchev–Trinajstić information content (AvgIpc) is 3.30. The van der Waals surface area contributed by atoms with Crippen molar-refractivity contribution in [3.8, 4) is 5.75 Å². The van der Waals surface area contributed by atoms with Gasteiger partial charge in [0.1, 0.15) is 5.75 Å². The van der Waals surface area contributed by atoms with Crippen LogP contribution in [0.25, 0.3) is 0 Å². The molecule has 0 saturated heterocycles. The van der Waals surface area contributed by atoms with E-state index in [0.29, 0.717) is 5.92 Å². The van der Waals surface area contributed by atoms with E-state index in [1.54, 1.807) is 0 Å². The van der Waals surface area contributed by atoms with Gasteiger partial charge in [-0.1, -0.05) is 11.6 Å². The van der Waals surface area contributed by atoms with Gasteiger partial charge in [0.2, 0.25) is 0 Å². The zero-order valence-corrected chi connectivity index (χ0v) is 12.4. The number of fused-ring (bicyclic) bond motifs is 1. The lowest BCUT2D eigenvalue weighted by atomic mass is 9.88. The number of rotatable bonds is 4. The van der Waals surface area contributed by atoms with Crippen LogP contribution in [0, 0.1) is 17.8 Å². The van der Waals surface area contributed by atoms with Crippen molar-refractivity contribution in [2.75, 3.05) is 6.61 Å². The molecule has 2 saturated carbocycles. The van der Waals surface area contributed by atoms with E-state index in [1.807, 2.05) is 12.1 Å². The van der Waals surface area contributed by atoms with Crippen LogP contribution >= 0.6 is 23.2 Å². The van der Waals surface area contributed by atoms with Crippen molar-refractivity contribution >= 4 is 23.2 Å². The van der Waals surface area contributed by atoms with E-state index in [2.05, 4.69) is 0 Å². The van der Waals surface area contributed by atoms with Crippen LogP contribution in [0.15, 0.2) is 12.1 Å². The summed E-state index contributed by atoms with van der Waals surface area (Å²) in [6.07, 6.45) is 6.38. The van der Waals surface area contributed by atoms with Gasteiger partial charge in [0.15, 0.2) is 0 Å². The molecule has 1 heterocycles. The van der Waals surface area contributed by atoms with Crippen molar-refractivity contribution in [3.63, 3.8) is 0 Å². The fraction of sp³-hybridized carbons (Fsp3) is 0.625. The molecule has 0 N–H and O–H groups in total. The molecule has 0 aromatic heterocycles. The highest BCUT2D eigenvalue weighted by molar-refractivity contribution is 6.31. The van der Waals surface area contributed by atoms with Gasteiger partial charge in [0, 0.05) is 17.0 Å². The Morgan fingerprint density at radius 2 is 1.79 bits per heavy atom. The first-order valence-corrected chi connectivity index (χ1v) is 8.14. The van der Waals surface area contributed by atoms with Gasteiger partial charge in [-0.15, -0.1) is 11.6 Å². The van der Waals surface area contributed by atoms with E-state index in [0.717, 1.165) is 41.2 Å². The molecule has 3 heteroatoms. The highest BCUT2D eigenvalue weighted by Crippen LogP contribution is 2.57. The van der Waals surface area contributed by atoms with E-state index in [4.69, 9.17) is 27.9 Å². The third-order valence-electron chi connectivity index (χ3n) is 4.74. The summed E-state index contributed by atoms with van der Waals surface area (Å²) in [4.78, 5) is 0. The molecule has 0 amide bonds. The van der Waals surface area contributed by atoms with Gasteiger partial charge < -0.3 is 4.74 Å². The first-order valence-electron chi connectivity index (χ1n) is 7.33. The van der Waals surface area contributed by atoms with E-state index < -0.39 is 0 Å². The first-order chi connectivity index (χ1) is 9.24. The summed E-state index contributed by atoms with van der Waals surface area (Å²) in [5, 5.41) is 0.876. The predicted octanol–water partition coefficient (Wildman–Crippen LogP) is 4.99. The van der Waals surface area contributed by atoms with Gasteiger partial charge in [0.25, 0.3) is 0 Å². The minimum atomic E-state index is 0.0746. The van der Waals surface area contributed by atoms with Crippen LogP contribution in [0.1, 0.15) is 42.2 Å². The summed E-state index contributed by atoms with van der Waals surface area (Å²) in [7, 11) is 0. The molecule has 1 atom stereocenters. The summed E-state index contributed by atoms with van der Waals surface area (Å²) in [6, 6.07) is 4.06. The van der Waals surface area contributed by atoms with E-state index in [9.17, 15) is 0 Å². The number of benzene rings is 1. The van der Waals surface area contributed by atoms with Crippen molar-refractivity contribution in [2.45, 2.75) is 37.5 Å². The number of halogens is 2. The molecule has 0 spiro atoms. The Hall–Kier alpha value is -0.400. The molecule has 2 fully saturated rings. The van der Waals surface area contributed by atoms with Crippen LogP contribution in [0.2, 0.25) is 5.02 Å². The third-order valence-corrected chi connectivity index (χ3v) is 5.49. The molecule has 0 radical (unpaired) electrons. The molecule has 4 rings (SSSR count). The molecule has 1 aromatic rings. The van der Waals surface area contributed by atoms with Crippen molar-refractivity contribution in [1.82, 2.24) is 0 Å². The second kappa shape index (κ2) is 4.56. The molecule has 3 aliphatic rings. The normalized spacial score (nSPS) is 23.3. The molecule has 1 unspecified atom stereocenters. The Kier molecular flexibility index (Phi) is 2.97. The van der Waals surface area contributed by atoms with Crippen LogP contribution in [0.5, 0.6) is 5.75 Å². The van der Waals surface area contributed by atoms with Crippen LogP contribution in [0.4, 0.5) is 0 Å². The Labute approximate surface area is 124 Å². The number of alkyl halides is 1. The average molecular weight is 297 g/mol. The van der Waals surface area contributed by atoms with Gasteiger partial charge in [-0.2, -0.15) is 0 Å². The molecule has 1 nitrogen and oxygen atoms in total. The standard InChI is InChI=1S/C16H18Cl2O/c17-12-7-11-5-6-19-16(11)13(8-12)15(18)14(9-1-2-9)10-3-4-10/h7-10,14-15H,1-6H2. The topological polar surface area (TPSA) is 9.23 Å². The van der Waals surface area contributed by atoms with Crippen molar-refractivity contribution in [1.29, 1.82) is 0 Å². The van der Waals surface area contributed by atoms with Gasteiger partial charge in [-0.3, -0.25) is 0 Å². The number of hydrogen-bond donors (Lipinski definition) is 0. The van der Waals surface area contributed by atoms with Gasteiger partial charge in [-0.25, -0.2) is 0 Å². The van der Waals surface area contributed by atoms with Crippen molar-refractivity contribution in [2.24, 2.45) is 17.8 Å². The molecular formula is C16H18Cl2O. The fourth-order valence-electron chi connectivity index (χ4n) is 3.54. The SMILES string of the molecule is Clc1cc2c(c(C(Cl)C(C3CC3)C3CC3)c1)OCC2. The Morgan fingerprint density at radius 1 is 1.11 bits per heavy atom. The van der Waals surface area contributed by atoms with E-state index >= 15 is 0 Å². The fourth-order valence-corrected chi connectivity index (χ4v) is 4.36. The summed E-state index contributed by atoms with van der Waals surface area (Å²) in [5.41, 5.74) is 2.38. The molecule has 19 heavy (non-hydrogen) atoms. The predicted molar refractivity (Wildman–Crippen MR) is 78.2 cm³/mol. The van der Waals surface area contributed by atoms with Gasteiger partial charge >= 0.3 is 0 Å². The van der Waals surface area contributed by atoms with Crippen LogP contribution in [-0.2, 0) is 6.42 Å². The van der Waals surface area contributed by atoms with Crippen molar-refractivity contribution < 1.29 is 4.74 Å². The lowest BCUT2D eigenvalue weighted by Crippen LogP contribution is -2.13. The van der Waals surface area contributed by atoms with E-state index in [-0.39, 0.29) is 5.38 Å². The maximum atomic E-state index is 6.86. The van der Waals surface area contributed by atoms with Gasteiger partial charge in [-0.05, 0) is 61.1 Å². The highest BCUT2D eigenvalue weighted by Gasteiger charge is 2.46. The smallest absolute Gasteiger partial charge is 0.127 e. The largest absolute Gasteiger partial charge is 0.493 e. The Bertz CT molecular complexity index is 494. The van der Waals surface area contributed by atoms with Crippen LogP contribution in [-0.4, -0.2) is 6.61 Å². The van der Waals surface area contributed by atoms with Crippen LogP contribution < -0.4 is 4.74 Å². The maximum Gasteiger partial charge on any atom is 0.127 e. The maximum absolute atomic E-state index is 6.86. The Balaban J connectivity index is 1.70. The van der Waals surface area contributed by atoms with Crippen LogP contribution in [0.3, 0.4) is 0 Å². The minimum Gasteiger partial charge on any atom is -0.493 e. The second-order valence-electron chi connectivity index (χ2n) is 6.24. The second-order valence-corrected chi connectivity index (χ2v) is 7.14. The monoisotopic (exact) mass is 296 g/mol. The van der Waals surface area contributed by atoms with Gasteiger partial charge in [0.05, 0.1) is 12.0 Å². The molecule has 1 aliphatic heterocycles. The zero-order valence-electron chi connectivity index (χ0n) is 10.9. The molecule has 0 bridgehead atoms. The Morgan fingerprint density at radius 3 is 2.42 bits per heavy atom. The molecular weight excluding hydrogens is 279 g/mol. The lowest BCUT2D eigenvalue weighted by molar-refractivity contribution is 0.341. The molecule has 102 valence electrons. The van der Waals surface area contributed by atoms with Crippen molar-refractivity contribution in [3.05, 3.63) is 28.3 Å². The summed E-state index contributed by atoms with van der Waals surface area (Å²) in [6.45, 7) is 0.768. The third kappa shape index (κ3) is 2.25. The zero-order chi connectivity index (χ0) is 13.0.